The van der Waals surface area contributed by atoms with Crippen LogP contribution >= 0.6 is 11.6 Å². The summed E-state index contributed by atoms with van der Waals surface area (Å²) in [6, 6.07) is 7.15. The smallest absolute Gasteiger partial charge is 0.194 e. The molecule has 0 aliphatic carbocycles. The molecule has 1 N–H and O–H groups in total. The first-order valence-corrected chi connectivity index (χ1v) is 4.27. The summed E-state index contributed by atoms with van der Waals surface area (Å²) in [7, 11) is 0. The molecular formula is C10H11ClO2. The van der Waals surface area contributed by atoms with Gasteiger partial charge in [0.2, 0.25) is 0 Å². The van der Waals surface area contributed by atoms with Crippen molar-refractivity contribution in [1.82, 2.24) is 0 Å². The number of hydrogen-bond donors (Lipinski definition) is 1. The molecule has 1 unspecified atom stereocenters. The van der Waals surface area contributed by atoms with E-state index in [2.05, 4.69) is 6.58 Å². The molecule has 70 valence electrons. The Bertz CT molecular complexity index is 308. The number of halogens is 1. The second-order valence-electron chi connectivity index (χ2n) is 2.62. The van der Waals surface area contributed by atoms with Crippen molar-refractivity contribution in [3.8, 4) is 5.75 Å². The van der Waals surface area contributed by atoms with Crippen LogP contribution in [0.15, 0.2) is 30.8 Å². The van der Waals surface area contributed by atoms with Gasteiger partial charge in [-0.2, -0.15) is 0 Å². The summed E-state index contributed by atoms with van der Waals surface area (Å²) < 4.78 is 5.12. The average Bonchev–Trinajstić information content (AvgIpc) is 2.03. The van der Waals surface area contributed by atoms with Crippen molar-refractivity contribution in [3.63, 3.8) is 0 Å². The molecule has 0 radical (unpaired) electrons. The quantitative estimate of drug-likeness (QED) is 0.757. The fraction of sp³-hybridized carbons (Fsp3) is 0.200. The Morgan fingerprint density at radius 3 is 2.69 bits per heavy atom. The van der Waals surface area contributed by atoms with Crippen LogP contribution in [0.3, 0.4) is 0 Å². The molecule has 0 heterocycles. The Labute approximate surface area is 82.4 Å². The molecule has 1 aromatic rings. The Balaban J connectivity index is 2.98. The molecule has 0 saturated carbocycles. The Kier molecular flexibility index (Phi) is 3.34. The highest BCUT2D eigenvalue weighted by Crippen LogP contribution is 2.27. The average molecular weight is 199 g/mol. The molecular weight excluding hydrogens is 188 g/mol. The van der Waals surface area contributed by atoms with Crippen LogP contribution in [0.2, 0.25) is 0 Å². The molecule has 3 heteroatoms. The largest absolute Gasteiger partial charge is 0.465 e. The van der Waals surface area contributed by atoms with E-state index in [1.165, 1.54) is 6.92 Å². The Hall–Kier alpha value is -0.990. The SMILES string of the molecule is C=C(Cl)c1ccccc1OC(C)O. The number of ether oxygens (including phenoxy) is 1. The molecule has 0 aliphatic rings. The minimum absolute atomic E-state index is 0.399. The number of benzene rings is 1. The molecule has 0 saturated heterocycles. The summed E-state index contributed by atoms with van der Waals surface area (Å²) in [5.41, 5.74) is 0.699. The second-order valence-corrected chi connectivity index (χ2v) is 3.07. The second kappa shape index (κ2) is 4.30. The molecule has 13 heavy (non-hydrogen) atoms. The minimum Gasteiger partial charge on any atom is -0.465 e. The highest BCUT2D eigenvalue weighted by atomic mass is 35.5. The van der Waals surface area contributed by atoms with Gasteiger partial charge in [0.25, 0.3) is 0 Å². The molecule has 2 nitrogen and oxygen atoms in total. The maximum Gasteiger partial charge on any atom is 0.194 e. The van der Waals surface area contributed by atoms with Crippen LogP contribution in [-0.2, 0) is 0 Å². The van der Waals surface area contributed by atoms with E-state index in [-0.39, 0.29) is 0 Å². The minimum atomic E-state index is -0.850. The summed E-state index contributed by atoms with van der Waals surface area (Å²) in [6.45, 7) is 5.13. The van der Waals surface area contributed by atoms with Crippen LogP contribution in [-0.4, -0.2) is 11.4 Å². The normalized spacial score (nSPS) is 12.2. The summed E-state index contributed by atoms with van der Waals surface area (Å²) in [5.74, 6) is 0.539. The zero-order valence-electron chi connectivity index (χ0n) is 7.33. The molecule has 1 aromatic carbocycles. The van der Waals surface area contributed by atoms with Crippen LogP contribution in [0.1, 0.15) is 12.5 Å². The molecule has 0 fully saturated rings. The number of hydrogen-bond acceptors (Lipinski definition) is 2. The number of aliphatic hydroxyl groups excluding tert-OH is 1. The van der Waals surface area contributed by atoms with Gasteiger partial charge in [0, 0.05) is 10.6 Å². The van der Waals surface area contributed by atoms with E-state index in [4.69, 9.17) is 21.4 Å². The van der Waals surface area contributed by atoms with Crippen molar-refractivity contribution in [2.45, 2.75) is 13.2 Å². The maximum atomic E-state index is 9.02. The summed E-state index contributed by atoms with van der Waals surface area (Å²) >= 11 is 5.74. The van der Waals surface area contributed by atoms with E-state index in [1.807, 2.05) is 6.07 Å². The lowest BCUT2D eigenvalue weighted by atomic mass is 10.2. The zero-order chi connectivity index (χ0) is 9.84. The van der Waals surface area contributed by atoms with Crippen molar-refractivity contribution >= 4 is 16.6 Å². The Morgan fingerprint density at radius 1 is 1.54 bits per heavy atom. The molecule has 0 aromatic heterocycles. The van der Waals surface area contributed by atoms with Crippen molar-refractivity contribution in [2.24, 2.45) is 0 Å². The van der Waals surface area contributed by atoms with E-state index < -0.39 is 6.29 Å². The lowest BCUT2D eigenvalue weighted by Gasteiger charge is -2.11. The summed E-state index contributed by atoms with van der Waals surface area (Å²) in [5, 5.41) is 9.42. The first kappa shape index (κ1) is 10.1. The molecule has 0 aliphatic heterocycles. The van der Waals surface area contributed by atoms with Gasteiger partial charge in [-0.15, -0.1) is 0 Å². The van der Waals surface area contributed by atoms with Crippen LogP contribution in [0, 0.1) is 0 Å². The summed E-state index contributed by atoms with van der Waals surface area (Å²) in [6.07, 6.45) is -0.850. The number of para-hydroxylation sites is 1. The van der Waals surface area contributed by atoms with Gasteiger partial charge >= 0.3 is 0 Å². The van der Waals surface area contributed by atoms with E-state index in [0.717, 1.165) is 0 Å². The highest BCUT2D eigenvalue weighted by Gasteiger charge is 2.06. The topological polar surface area (TPSA) is 29.5 Å². The molecule has 0 amide bonds. The van der Waals surface area contributed by atoms with Gasteiger partial charge in [-0.05, 0) is 19.1 Å². The first-order valence-electron chi connectivity index (χ1n) is 3.90. The predicted molar refractivity (Wildman–Crippen MR) is 53.6 cm³/mol. The van der Waals surface area contributed by atoms with Gasteiger partial charge in [-0.25, -0.2) is 0 Å². The third kappa shape index (κ3) is 2.76. The van der Waals surface area contributed by atoms with Crippen LogP contribution in [0.5, 0.6) is 5.75 Å². The van der Waals surface area contributed by atoms with Crippen molar-refractivity contribution in [2.75, 3.05) is 0 Å². The van der Waals surface area contributed by atoms with Gasteiger partial charge in [-0.1, -0.05) is 30.3 Å². The lowest BCUT2D eigenvalue weighted by Crippen LogP contribution is -2.10. The van der Waals surface area contributed by atoms with E-state index >= 15 is 0 Å². The van der Waals surface area contributed by atoms with Crippen LogP contribution in [0.4, 0.5) is 0 Å². The van der Waals surface area contributed by atoms with Gasteiger partial charge in [-0.3, -0.25) is 0 Å². The van der Waals surface area contributed by atoms with Crippen LogP contribution in [0.25, 0.3) is 5.03 Å². The first-order chi connectivity index (χ1) is 6.11. The fourth-order valence-corrected chi connectivity index (χ4v) is 1.13. The zero-order valence-corrected chi connectivity index (χ0v) is 8.08. The highest BCUT2D eigenvalue weighted by molar-refractivity contribution is 6.48. The van der Waals surface area contributed by atoms with Gasteiger partial charge in [0.05, 0.1) is 0 Å². The molecule has 0 spiro atoms. The predicted octanol–water partition coefficient (Wildman–Crippen LogP) is 2.61. The standard InChI is InChI=1S/C10H11ClO2/c1-7(11)9-5-3-4-6-10(9)13-8(2)12/h3-6,8,12H,1H2,2H3. The third-order valence-electron chi connectivity index (χ3n) is 1.48. The third-order valence-corrected chi connectivity index (χ3v) is 1.68. The molecule has 0 bridgehead atoms. The van der Waals surface area contributed by atoms with Crippen molar-refractivity contribution in [3.05, 3.63) is 36.4 Å². The summed E-state index contributed by atoms with van der Waals surface area (Å²) in [4.78, 5) is 0. The van der Waals surface area contributed by atoms with Gasteiger partial charge in [0.15, 0.2) is 6.29 Å². The van der Waals surface area contributed by atoms with Gasteiger partial charge < -0.3 is 9.84 Å². The van der Waals surface area contributed by atoms with Gasteiger partial charge in [0.1, 0.15) is 5.75 Å². The van der Waals surface area contributed by atoms with Crippen LogP contribution < -0.4 is 4.74 Å². The Morgan fingerprint density at radius 2 is 2.15 bits per heavy atom. The maximum absolute atomic E-state index is 9.02. The molecule has 1 atom stereocenters. The van der Waals surface area contributed by atoms with E-state index in [0.29, 0.717) is 16.3 Å². The van der Waals surface area contributed by atoms with E-state index in [1.54, 1.807) is 18.2 Å². The fourth-order valence-electron chi connectivity index (χ4n) is 0.977. The van der Waals surface area contributed by atoms with E-state index in [9.17, 15) is 0 Å². The molecule has 1 rings (SSSR count). The number of rotatable bonds is 3. The van der Waals surface area contributed by atoms with Crippen molar-refractivity contribution in [1.29, 1.82) is 0 Å². The lowest BCUT2D eigenvalue weighted by molar-refractivity contribution is -0.000466. The number of aliphatic hydroxyl groups is 1. The van der Waals surface area contributed by atoms with Crippen molar-refractivity contribution < 1.29 is 9.84 Å². The monoisotopic (exact) mass is 198 g/mol.